The summed E-state index contributed by atoms with van der Waals surface area (Å²) in [6.45, 7) is 0.561. The second kappa shape index (κ2) is 8.27. The summed E-state index contributed by atoms with van der Waals surface area (Å²) >= 11 is 5.96. The summed E-state index contributed by atoms with van der Waals surface area (Å²) in [5.74, 6) is 1.19. The quantitative estimate of drug-likeness (QED) is 0.435. The first kappa shape index (κ1) is 19.5. The van der Waals surface area contributed by atoms with Gasteiger partial charge >= 0.3 is 0 Å². The fourth-order valence-corrected chi connectivity index (χ4v) is 3.31. The molecular formula is C21H19ClN3O3P. The second-order valence-electron chi connectivity index (χ2n) is 6.34. The number of fused-ring (bicyclic) bond motifs is 1. The molecule has 4 rings (SSSR count). The van der Waals surface area contributed by atoms with Crippen LogP contribution in [0.25, 0.3) is 22.3 Å². The van der Waals surface area contributed by atoms with Gasteiger partial charge in [-0.1, -0.05) is 23.7 Å². The number of rotatable bonds is 6. The summed E-state index contributed by atoms with van der Waals surface area (Å²) in [7, 11) is 4.18. The molecule has 0 fully saturated rings. The van der Waals surface area contributed by atoms with E-state index >= 15 is 0 Å². The maximum Gasteiger partial charge on any atom is 0.282 e. The number of halogens is 1. The van der Waals surface area contributed by atoms with E-state index < -0.39 is 0 Å². The Kier molecular flexibility index (Phi) is 5.56. The molecule has 0 spiro atoms. The molecule has 2 heterocycles. The van der Waals surface area contributed by atoms with Crippen LogP contribution in [0.3, 0.4) is 0 Å². The molecule has 0 saturated heterocycles. The average molecular weight is 428 g/mol. The number of aromatic nitrogens is 3. The fourth-order valence-electron chi connectivity index (χ4n) is 3.07. The van der Waals surface area contributed by atoms with Gasteiger partial charge in [0.1, 0.15) is 11.8 Å². The van der Waals surface area contributed by atoms with Gasteiger partial charge in [-0.2, -0.15) is 5.10 Å². The lowest BCUT2D eigenvalue weighted by molar-refractivity contribution is 0.313. The Bertz CT molecular complexity index is 1220. The van der Waals surface area contributed by atoms with Gasteiger partial charge in [-0.3, -0.25) is 9.36 Å². The van der Waals surface area contributed by atoms with Crippen LogP contribution in [-0.4, -0.2) is 34.1 Å². The third-order valence-corrected chi connectivity index (χ3v) is 5.00. The Balaban J connectivity index is 1.76. The monoisotopic (exact) mass is 427 g/mol. The van der Waals surface area contributed by atoms with Crippen molar-refractivity contribution in [3.63, 3.8) is 0 Å². The Labute approximate surface area is 174 Å². The van der Waals surface area contributed by atoms with Crippen molar-refractivity contribution in [1.29, 1.82) is 0 Å². The van der Waals surface area contributed by atoms with Crippen molar-refractivity contribution in [2.24, 2.45) is 0 Å². The van der Waals surface area contributed by atoms with Crippen LogP contribution in [0, 0.1) is 0 Å². The first-order valence-electron chi connectivity index (χ1n) is 8.98. The van der Waals surface area contributed by atoms with Gasteiger partial charge in [0.05, 0.1) is 19.4 Å². The van der Waals surface area contributed by atoms with Crippen molar-refractivity contribution in [3.8, 4) is 28.3 Å². The minimum absolute atomic E-state index is 0.180. The summed E-state index contributed by atoms with van der Waals surface area (Å²) in [5, 5.41) is 5.05. The summed E-state index contributed by atoms with van der Waals surface area (Å²) in [6, 6.07) is 14.6. The zero-order chi connectivity index (χ0) is 20.4. The summed E-state index contributed by atoms with van der Waals surface area (Å²) in [6.07, 6.45) is 4.14. The molecule has 0 amide bonds. The third-order valence-electron chi connectivity index (χ3n) is 4.51. The summed E-state index contributed by atoms with van der Waals surface area (Å²) in [4.78, 5) is 13.1. The lowest BCUT2D eigenvalue weighted by Crippen LogP contribution is -2.21. The molecule has 148 valence electrons. The normalized spacial score (nSPS) is 11.0. The number of hydrogen-bond acceptors (Lipinski definition) is 4. The molecule has 0 bridgehead atoms. The van der Waals surface area contributed by atoms with Crippen LogP contribution in [0.15, 0.2) is 65.8 Å². The minimum Gasteiger partial charge on any atom is -0.493 e. The van der Waals surface area contributed by atoms with E-state index in [0.717, 1.165) is 17.3 Å². The fraction of sp³-hybridized carbons (Fsp3) is 0.143. The van der Waals surface area contributed by atoms with Crippen molar-refractivity contribution < 1.29 is 9.47 Å². The molecule has 2 aromatic carbocycles. The van der Waals surface area contributed by atoms with Crippen molar-refractivity contribution in [3.05, 3.63) is 76.4 Å². The Hall–Kier alpha value is -2.82. The highest BCUT2D eigenvalue weighted by Crippen LogP contribution is 2.29. The number of hydrogen-bond donors (Lipinski definition) is 0. The molecule has 1 atom stereocenters. The second-order valence-corrected chi connectivity index (χ2v) is 7.36. The van der Waals surface area contributed by atoms with Gasteiger partial charge in [0.15, 0.2) is 11.5 Å². The topological polar surface area (TPSA) is 57.8 Å². The van der Waals surface area contributed by atoms with Gasteiger partial charge in [0.2, 0.25) is 0 Å². The highest BCUT2D eigenvalue weighted by molar-refractivity contribution is 7.16. The predicted molar refractivity (Wildman–Crippen MR) is 118 cm³/mol. The molecule has 0 aliphatic heterocycles. The summed E-state index contributed by atoms with van der Waals surface area (Å²) in [5.41, 5.74) is 2.79. The van der Waals surface area contributed by atoms with E-state index in [1.165, 1.54) is 10.9 Å². The SMILES string of the molecule is COc1cc(-n2cnn3cc(-c4ccc(Cl)cc4)cc3c2=O)ccc1OCCP. The van der Waals surface area contributed by atoms with Crippen LogP contribution in [0.1, 0.15) is 0 Å². The van der Waals surface area contributed by atoms with Crippen LogP contribution in [0.5, 0.6) is 11.5 Å². The molecule has 0 aliphatic carbocycles. The molecule has 0 aliphatic rings. The summed E-state index contributed by atoms with van der Waals surface area (Å²) < 4.78 is 14.2. The van der Waals surface area contributed by atoms with Crippen LogP contribution in [0.2, 0.25) is 5.02 Å². The standard InChI is InChI=1S/C21H19ClN3O3P/c1-27-20-11-17(6-7-19(20)28-8-9-29)24-13-23-25-12-15(10-18(25)21(24)26)14-2-4-16(22)5-3-14/h2-7,10-13H,8-9,29H2,1H3. The average Bonchev–Trinajstić information content (AvgIpc) is 3.18. The molecule has 0 saturated carbocycles. The van der Waals surface area contributed by atoms with Gasteiger partial charge in [0.25, 0.3) is 5.56 Å². The van der Waals surface area contributed by atoms with Crippen LogP contribution >= 0.6 is 20.8 Å². The maximum absolute atomic E-state index is 13.1. The Morgan fingerprint density at radius 3 is 2.59 bits per heavy atom. The van der Waals surface area contributed by atoms with E-state index in [0.29, 0.717) is 34.3 Å². The predicted octanol–water partition coefficient (Wildman–Crippen LogP) is 4.07. The molecule has 1 unspecified atom stereocenters. The zero-order valence-electron chi connectivity index (χ0n) is 15.7. The van der Waals surface area contributed by atoms with Gasteiger partial charge in [-0.25, -0.2) is 4.52 Å². The van der Waals surface area contributed by atoms with Gasteiger partial charge in [-0.05, 0) is 42.1 Å². The Morgan fingerprint density at radius 2 is 1.86 bits per heavy atom. The maximum atomic E-state index is 13.1. The van der Waals surface area contributed by atoms with Gasteiger partial charge < -0.3 is 9.47 Å². The number of ether oxygens (including phenoxy) is 2. The van der Waals surface area contributed by atoms with Gasteiger partial charge in [-0.15, -0.1) is 9.24 Å². The smallest absolute Gasteiger partial charge is 0.282 e. The van der Waals surface area contributed by atoms with E-state index in [9.17, 15) is 4.79 Å². The highest BCUT2D eigenvalue weighted by atomic mass is 35.5. The van der Waals surface area contributed by atoms with Crippen molar-refractivity contribution >= 4 is 26.4 Å². The molecule has 0 radical (unpaired) electrons. The van der Waals surface area contributed by atoms with E-state index in [4.69, 9.17) is 21.1 Å². The minimum atomic E-state index is -0.180. The molecule has 6 nitrogen and oxygen atoms in total. The number of methoxy groups -OCH3 is 1. The van der Waals surface area contributed by atoms with Crippen molar-refractivity contribution in [1.82, 2.24) is 14.2 Å². The largest absolute Gasteiger partial charge is 0.493 e. The molecule has 2 aromatic heterocycles. The van der Waals surface area contributed by atoms with E-state index in [2.05, 4.69) is 14.3 Å². The first-order valence-corrected chi connectivity index (χ1v) is 10.2. The number of benzene rings is 2. The van der Waals surface area contributed by atoms with E-state index in [1.54, 1.807) is 23.8 Å². The first-order chi connectivity index (χ1) is 14.1. The van der Waals surface area contributed by atoms with Crippen molar-refractivity contribution in [2.45, 2.75) is 0 Å². The third kappa shape index (κ3) is 3.86. The van der Waals surface area contributed by atoms with E-state index in [-0.39, 0.29) is 5.56 Å². The molecule has 0 N–H and O–H groups in total. The van der Waals surface area contributed by atoms with Crippen LogP contribution < -0.4 is 15.0 Å². The van der Waals surface area contributed by atoms with E-state index in [1.807, 2.05) is 42.6 Å². The highest BCUT2D eigenvalue weighted by Gasteiger charge is 2.12. The zero-order valence-corrected chi connectivity index (χ0v) is 17.6. The van der Waals surface area contributed by atoms with Gasteiger partial charge in [0, 0.05) is 22.8 Å². The molecule has 4 aromatic rings. The van der Waals surface area contributed by atoms with Crippen LogP contribution in [-0.2, 0) is 0 Å². The molecule has 8 heteroatoms. The number of nitrogens with zero attached hydrogens (tertiary/aromatic N) is 3. The lowest BCUT2D eigenvalue weighted by Gasteiger charge is -2.12. The van der Waals surface area contributed by atoms with Crippen LogP contribution in [0.4, 0.5) is 0 Å². The molecule has 29 heavy (non-hydrogen) atoms. The molecular weight excluding hydrogens is 409 g/mol. The van der Waals surface area contributed by atoms with Crippen molar-refractivity contribution in [2.75, 3.05) is 19.9 Å². The Morgan fingerprint density at radius 1 is 1.07 bits per heavy atom. The lowest BCUT2D eigenvalue weighted by atomic mass is 10.1.